The van der Waals surface area contributed by atoms with Gasteiger partial charge in [0.1, 0.15) is 6.54 Å². The molecule has 4 rings (SSSR count). The standard InChI is InChI=1S/C17H16BrN3O3S/c18-9-5-6-12-13(7-9)25-17(19-12)20-14(22)8-21-15(23)10-3-1-2-4-11(10)16(21)24/h5-7,10-11H,1-4,8H2,(H,19,20,22)/t10-,11+. The molecule has 1 aromatic carbocycles. The van der Waals surface area contributed by atoms with Crippen molar-refractivity contribution in [3.05, 3.63) is 22.7 Å². The van der Waals surface area contributed by atoms with Crippen LogP contribution in [0.15, 0.2) is 22.7 Å². The van der Waals surface area contributed by atoms with E-state index in [0.29, 0.717) is 5.13 Å². The molecule has 130 valence electrons. The highest BCUT2D eigenvalue weighted by atomic mass is 79.9. The minimum absolute atomic E-state index is 0.196. The summed E-state index contributed by atoms with van der Waals surface area (Å²) in [6.07, 6.45) is 3.45. The predicted molar refractivity (Wildman–Crippen MR) is 98.1 cm³/mol. The Morgan fingerprint density at radius 3 is 2.60 bits per heavy atom. The van der Waals surface area contributed by atoms with E-state index >= 15 is 0 Å². The smallest absolute Gasteiger partial charge is 0.246 e. The number of rotatable bonds is 3. The van der Waals surface area contributed by atoms with Crippen molar-refractivity contribution in [2.45, 2.75) is 25.7 Å². The fraction of sp³-hybridized carbons (Fsp3) is 0.412. The maximum Gasteiger partial charge on any atom is 0.246 e. The van der Waals surface area contributed by atoms with Crippen LogP contribution in [0.25, 0.3) is 10.2 Å². The summed E-state index contributed by atoms with van der Waals surface area (Å²) in [5, 5.41) is 3.17. The van der Waals surface area contributed by atoms with Gasteiger partial charge in [0.05, 0.1) is 22.1 Å². The first-order valence-corrected chi connectivity index (χ1v) is 9.85. The van der Waals surface area contributed by atoms with Crippen molar-refractivity contribution in [2.75, 3.05) is 11.9 Å². The fourth-order valence-corrected chi connectivity index (χ4v) is 5.08. The normalized spacial score (nSPS) is 23.2. The highest BCUT2D eigenvalue weighted by molar-refractivity contribution is 9.10. The minimum atomic E-state index is -0.390. The molecule has 1 aliphatic heterocycles. The lowest BCUT2D eigenvalue weighted by atomic mass is 9.81. The molecule has 0 spiro atoms. The summed E-state index contributed by atoms with van der Waals surface area (Å²) >= 11 is 4.76. The van der Waals surface area contributed by atoms with E-state index in [1.165, 1.54) is 11.3 Å². The van der Waals surface area contributed by atoms with Crippen molar-refractivity contribution in [3.63, 3.8) is 0 Å². The minimum Gasteiger partial charge on any atom is -0.300 e. The average Bonchev–Trinajstić information content (AvgIpc) is 3.09. The van der Waals surface area contributed by atoms with Crippen molar-refractivity contribution in [2.24, 2.45) is 11.8 Å². The third-order valence-electron chi connectivity index (χ3n) is 4.83. The number of aromatic nitrogens is 1. The number of benzene rings is 1. The van der Waals surface area contributed by atoms with E-state index < -0.39 is 5.91 Å². The predicted octanol–water partition coefficient (Wildman–Crippen LogP) is 3.17. The van der Waals surface area contributed by atoms with Crippen LogP contribution in [0.5, 0.6) is 0 Å². The number of anilines is 1. The number of imide groups is 1. The highest BCUT2D eigenvalue weighted by Crippen LogP contribution is 2.38. The summed E-state index contributed by atoms with van der Waals surface area (Å²) in [7, 11) is 0. The number of fused-ring (bicyclic) bond motifs is 2. The molecule has 1 saturated carbocycles. The summed E-state index contributed by atoms with van der Waals surface area (Å²) in [6.45, 7) is -0.232. The van der Waals surface area contributed by atoms with E-state index in [1.54, 1.807) is 0 Å². The SMILES string of the molecule is O=C(CN1C(=O)[C@H]2CCCC[C@H]2C1=O)Nc1nc2ccc(Br)cc2s1. The topological polar surface area (TPSA) is 79.4 Å². The van der Waals surface area contributed by atoms with Crippen molar-refractivity contribution < 1.29 is 14.4 Å². The van der Waals surface area contributed by atoms with Gasteiger partial charge in [-0.2, -0.15) is 0 Å². The van der Waals surface area contributed by atoms with Gasteiger partial charge in [-0.05, 0) is 31.0 Å². The van der Waals surface area contributed by atoms with Crippen LogP contribution >= 0.6 is 27.3 Å². The number of nitrogens with one attached hydrogen (secondary N) is 1. The molecule has 1 saturated heterocycles. The summed E-state index contributed by atoms with van der Waals surface area (Å²) < 4.78 is 1.89. The zero-order chi connectivity index (χ0) is 17.6. The molecule has 1 aromatic heterocycles. The molecule has 1 aliphatic carbocycles. The van der Waals surface area contributed by atoms with E-state index in [2.05, 4.69) is 26.2 Å². The van der Waals surface area contributed by atoms with Gasteiger partial charge >= 0.3 is 0 Å². The molecule has 8 heteroatoms. The average molecular weight is 422 g/mol. The third-order valence-corrected chi connectivity index (χ3v) is 6.26. The molecule has 25 heavy (non-hydrogen) atoms. The third kappa shape index (κ3) is 3.08. The maximum atomic E-state index is 12.4. The zero-order valence-electron chi connectivity index (χ0n) is 13.3. The largest absolute Gasteiger partial charge is 0.300 e. The number of hydrogen-bond acceptors (Lipinski definition) is 5. The van der Waals surface area contributed by atoms with Crippen molar-refractivity contribution >= 4 is 60.3 Å². The first kappa shape index (κ1) is 16.7. The molecule has 3 amide bonds. The molecule has 6 nitrogen and oxygen atoms in total. The van der Waals surface area contributed by atoms with Gasteiger partial charge in [0.2, 0.25) is 17.7 Å². The molecular weight excluding hydrogens is 406 g/mol. The molecule has 2 aromatic rings. The maximum absolute atomic E-state index is 12.4. The van der Waals surface area contributed by atoms with Crippen LogP contribution in [0.1, 0.15) is 25.7 Å². The van der Waals surface area contributed by atoms with Gasteiger partial charge in [0.25, 0.3) is 0 Å². The van der Waals surface area contributed by atoms with Crippen LogP contribution in [-0.4, -0.2) is 34.2 Å². The molecule has 0 radical (unpaired) electrons. The molecular formula is C17H16BrN3O3S. The van der Waals surface area contributed by atoms with E-state index in [1.807, 2.05) is 18.2 Å². The molecule has 1 N–H and O–H groups in total. The Morgan fingerprint density at radius 2 is 1.92 bits per heavy atom. The number of hydrogen-bond donors (Lipinski definition) is 1. The van der Waals surface area contributed by atoms with E-state index in [0.717, 1.165) is 45.3 Å². The van der Waals surface area contributed by atoms with Gasteiger partial charge in [-0.3, -0.25) is 19.3 Å². The molecule has 2 fully saturated rings. The molecule has 2 heterocycles. The van der Waals surface area contributed by atoms with Crippen molar-refractivity contribution in [1.82, 2.24) is 9.88 Å². The van der Waals surface area contributed by atoms with Gasteiger partial charge in [-0.15, -0.1) is 0 Å². The fourth-order valence-electron chi connectivity index (χ4n) is 3.64. The number of carbonyl (C=O) groups is 3. The second-order valence-electron chi connectivity index (χ2n) is 6.44. The van der Waals surface area contributed by atoms with Crippen molar-refractivity contribution in [1.29, 1.82) is 0 Å². The van der Waals surface area contributed by atoms with E-state index in [4.69, 9.17) is 0 Å². The lowest BCUT2D eigenvalue weighted by molar-refractivity contribution is -0.142. The summed E-state index contributed by atoms with van der Waals surface area (Å²) in [5.41, 5.74) is 0.794. The van der Waals surface area contributed by atoms with Gasteiger partial charge in [-0.1, -0.05) is 40.1 Å². The number of nitrogens with zero attached hydrogens (tertiary/aromatic N) is 2. The Balaban J connectivity index is 1.46. The highest BCUT2D eigenvalue weighted by Gasteiger charge is 2.48. The van der Waals surface area contributed by atoms with Crippen LogP contribution < -0.4 is 5.32 Å². The Labute approximate surface area is 156 Å². The van der Waals surface area contributed by atoms with Gasteiger partial charge < -0.3 is 5.32 Å². The molecule has 2 aliphatic rings. The second kappa shape index (κ2) is 6.49. The monoisotopic (exact) mass is 421 g/mol. The lowest BCUT2D eigenvalue weighted by Crippen LogP contribution is -2.38. The van der Waals surface area contributed by atoms with Crippen LogP contribution in [0.3, 0.4) is 0 Å². The van der Waals surface area contributed by atoms with Gasteiger partial charge in [0, 0.05) is 4.47 Å². The quantitative estimate of drug-likeness (QED) is 0.771. The molecule has 0 unspecified atom stereocenters. The van der Waals surface area contributed by atoms with Gasteiger partial charge in [0.15, 0.2) is 5.13 Å². The van der Waals surface area contributed by atoms with Crippen LogP contribution in [0.4, 0.5) is 5.13 Å². The number of carbonyl (C=O) groups excluding carboxylic acids is 3. The van der Waals surface area contributed by atoms with Crippen LogP contribution in [0.2, 0.25) is 0 Å². The number of thiazole rings is 1. The van der Waals surface area contributed by atoms with Gasteiger partial charge in [-0.25, -0.2) is 4.98 Å². The molecule has 0 bridgehead atoms. The first-order valence-electron chi connectivity index (χ1n) is 8.24. The molecule has 2 atom stereocenters. The first-order chi connectivity index (χ1) is 12.0. The Hall–Kier alpha value is -1.80. The Kier molecular flexibility index (Phi) is 4.33. The summed E-state index contributed by atoms with van der Waals surface area (Å²) in [6, 6.07) is 5.68. The van der Waals surface area contributed by atoms with Crippen molar-refractivity contribution in [3.8, 4) is 0 Å². The Morgan fingerprint density at radius 1 is 1.24 bits per heavy atom. The Bertz CT molecular complexity index is 857. The number of likely N-dealkylation sites (tertiary alicyclic amines) is 1. The zero-order valence-corrected chi connectivity index (χ0v) is 15.7. The summed E-state index contributed by atoms with van der Waals surface area (Å²) in [5.74, 6) is -1.24. The van der Waals surface area contributed by atoms with E-state index in [9.17, 15) is 14.4 Å². The second-order valence-corrected chi connectivity index (χ2v) is 8.39. The number of halogens is 1. The van der Waals surface area contributed by atoms with Crippen LogP contribution in [-0.2, 0) is 14.4 Å². The summed E-state index contributed by atoms with van der Waals surface area (Å²) in [4.78, 5) is 42.6. The van der Waals surface area contributed by atoms with Crippen LogP contribution in [0, 0.1) is 11.8 Å². The number of amides is 3. The van der Waals surface area contributed by atoms with E-state index in [-0.39, 0.29) is 30.2 Å². The lowest BCUT2D eigenvalue weighted by Gasteiger charge is -2.19.